The molecule has 2 amide bonds. The Labute approximate surface area is 65.5 Å². The lowest BCUT2D eigenvalue weighted by molar-refractivity contribution is 0.249. The van der Waals surface area contributed by atoms with Crippen molar-refractivity contribution in [3.8, 4) is 0 Å². The number of H-pyrrole nitrogens is 1. The summed E-state index contributed by atoms with van der Waals surface area (Å²) in [5.41, 5.74) is 5.84. The molecule has 1 heterocycles. The van der Waals surface area contributed by atoms with E-state index in [0.717, 1.165) is 12.1 Å². The van der Waals surface area contributed by atoms with E-state index >= 15 is 0 Å². The molecule has 0 spiro atoms. The maximum Gasteiger partial charge on any atom is 0.312 e. The Balaban J connectivity index is 0.00000121. The molecule has 0 saturated heterocycles. The number of nitrogens with one attached hydrogen (secondary N) is 2. The lowest BCUT2D eigenvalue weighted by Gasteiger charge is -1.97. The fraction of sp³-hybridized carbons (Fsp3) is 0.333. The minimum atomic E-state index is -0.496. The summed E-state index contributed by atoms with van der Waals surface area (Å²) in [6.45, 7) is 0.539. The molecule has 0 aliphatic heterocycles. The molecule has 0 saturated carbocycles. The Kier molecular flexibility index (Phi) is 2.48. The Morgan fingerprint density at radius 2 is 2.73 bits per heavy atom. The van der Waals surface area contributed by atoms with E-state index in [1.54, 1.807) is 12.5 Å². The molecule has 62 valence electrons. The Bertz CT molecular complexity index is 223. The van der Waals surface area contributed by atoms with Crippen LogP contribution in [-0.2, 0) is 6.42 Å². The summed E-state index contributed by atoms with van der Waals surface area (Å²) in [6, 6.07) is -0.496. The molecule has 0 radical (unpaired) electrons. The van der Waals surface area contributed by atoms with Crippen LogP contribution in [0.5, 0.6) is 0 Å². The van der Waals surface area contributed by atoms with Crippen LogP contribution in [0.15, 0.2) is 12.5 Å². The van der Waals surface area contributed by atoms with Gasteiger partial charge in [0.15, 0.2) is 0 Å². The van der Waals surface area contributed by atoms with Crippen LogP contribution in [0.3, 0.4) is 0 Å². The van der Waals surface area contributed by atoms with E-state index in [1.165, 1.54) is 0 Å². The van der Waals surface area contributed by atoms with Gasteiger partial charge in [-0.1, -0.05) is 0 Å². The number of urea groups is 1. The number of rotatable bonds is 3. The SMILES string of the molecule is NC(=O)NCCc1cnc[nH]1.[HH]. The molecule has 4 N–H and O–H groups in total. The van der Waals surface area contributed by atoms with E-state index < -0.39 is 6.03 Å². The third-order valence-electron chi connectivity index (χ3n) is 1.25. The average Bonchev–Trinajstić information content (AvgIpc) is 2.39. The molecule has 1 rings (SSSR count). The molecule has 0 bridgehead atoms. The number of carbonyl (C=O) groups excluding carboxylic acids is 1. The van der Waals surface area contributed by atoms with Gasteiger partial charge < -0.3 is 16.0 Å². The number of nitrogens with zero attached hydrogens (tertiary/aromatic N) is 1. The number of aromatic amines is 1. The predicted octanol–water partition coefficient (Wildman–Crippen LogP) is -0.134. The fourth-order valence-electron chi connectivity index (χ4n) is 0.742. The van der Waals surface area contributed by atoms with Crippen LogP contribution in [0, 0.1) is 0 Å². The van der Waals surface area contributed by atoms with Gasteiger partial charge in [0.2, 0.25) is 0 Å². The number of primary amides is 1. The molecule has 5 nitrogen and oxygen atoms in total. The van der Waals surface area contributed by atoms with Crippen molar-refractivity contribution in [2.75, 3.05) is 6.54 Å². The number of hydrogen-bond acceptors (Lipinski definition) is 2. The molecule has 5 heteroatoms. The van der Waals surface area contributed by atoms with Crippen LogP contribution in [0.1, 0.15) is 7.12 Å². The molecular weight excluding hydrogens is 144 g/mol. The summed E-state index contributed by atoms with van der Waals surface area (Å²) >= 11 is 0. The number of aromatic nitrogens is 2. The van der Waals surface area contributed by atoms with Gasteiger partial charge in [0.05, 0.1) is 6.33 Å². The third kappa shape index (κ3) is 2.70. The number of hydrogen-bond donors (Lipinski definition) is 3. The number of imidazole rings is 1. The summed E-state index contributed by atoms with van der Waals surface area (Å²) in [5, 5.41) is 2.47. The minimum absolute atomic E-state index is 0. The summed E-state index contributed by atoms with van der Waals surface area (Å²) in [6.07, 6.45) is 4.03. The van der Waals surface area contributed by atoms with Crippen molar-refractivity contribution in [2.45, 2.75) is 6.42 Å². The second-order valence-electron chi connectivity index (χ2n) is 2.12. The molecule has 11 heavy (non-hydrogen) atoms. The quantitative estimate of drug-likeness (QED) is 0.569. The third-order valence-corrected chi connectivity index (χ3v) is 1.25. The van der Waals surface area contributed by atoms with Crippen molar-refractivity contribution in [1.29, 1.82) is 0 Å². The van der Waals surface area contributed by atoms with Gasteiger partial charge in [0.1, 0.15) is 0 Å². The van der Waals surface area contributed by atoms with Crippen molar-refractivity contribution in [3.05, 3.63) is 18.2 Å². The van der Waals surface area contributed by atoms with Crippen molar-refractivity contribution in [1.82, 2.24) is 15.3 Å². The summed E-state index contributed by atoms with van der Waals surface area (Å²) < 4.78 is 0. The highest BCUT2D eigenvalue weighted by atomic mass is 16.2. The second kappa shape index (κ2) is 3.60. The smallest absolute Gasteiger partial charge is 0.312 e. The highest BCUT2D eigenvalue weighted by molar-refractivity contribution is 5.71. The standard InChI is InChI=1S/C6H10N4O.H2/c7-6(11)9-2-1-5-3-8-4-10-5;/h3-4H,1-2H2,(H,8,10)(H3,7,9,11);1H. The van der Waals surface area contributed by atoms with E-state index in [9.17, 15) is 4.79 Å². The Morgan fingerprint density at radius 3 is 3.27 bits per heavy atom. The molecule has 0 unspecified atom stereocenters. The first kappa shape index (κ1) is 7.59. The maximum absolute atomic E-state index is 10.2. The van der Waals surface area contributed by atoms with Crippen LogP contribution in [-0.4, -0.2) is 22.5 Å². The van der Waals surface area contributed by atoms with Gasteiger partial charge in [-0.15, -0.1) is 0 Å². The fourth-order valence-corrected chi connectivity index (χ4v) is 0.742. The van der Waals surface area contributed by atoms with Gasteiger partial charge in [-0.2, -0.15) is 0 Å². The molecule has 1 aromatic heterocycles. The number of carbonyl (C=O) groups is 1. The Morgan fingerprint density at radius 1 is 1.91 bits per heavy atom. The molecule has 0 atom stereocenters. The highest BCUT2D eigenvalue weighted by Gasteiger charge is 1.94. The van der Waals surface area contributed by atoms with E-state index in [2.05, 4.69) is 15.3 Å². The van der Waals surface area contributed by atoms with Crippen LogP contribution < -0.4 is 11.1 Å². The highest BCUT2D eigenvalue weighted by Crippen LogP contribution is 1.89. The van der Waals surface area contributed by atoms with Gasteiger partial charge in [0.25, 0.3) is 0 Å². The molecule has 0 aliphatic carbocycles. The van der Waals surface area contributed by atoms with Crippen LogP contribution in [0.2, 0.25) is 0 Å². The topological polar surface area (TPSA) is 83.8 Å². The van der Waals surface area contributed by atoms with Crippen LogP contribution >= 0.6 is 0 Å². The van der Waals surface area contributed by atoms with Gasteiger partial charge in [-0.05, 0) is 0 Å². The van der Waals surface area contributed by atoms with Crippen LogP contribution in [0.25, 0.3) is 0 Å². The zero-order chi connectivity index (χ0) is 8.10. The van der Waals surface area contributed by atoms with E-state index in [4.69, 9.17) is 5.73 Å². The largest absolute Gasteiger partial charge is 0.352 e. The monoisotopic (exact) mass is 156 g/mol. The van der Waals surface area contributed by atoms with Crippen molar-refractivity contribution >= 4 is 6.03 Å². The van der Waals surface area contributed by atoms with Crippen molar-refractivity contribution in [2.24, 2.45) is 5.73 Å². The van der Waals surface area contributed by atoms with Gasteiger partial charge in [-0.25, -0.2) is 9.78 Å². The average molecular weight is 156 g/mol. The van der Waals surface area contributed by atoms with Gasteiger partial charge in [-0.3, -0.25) is 0 Å². The summed E-state index contributed by atoms with van der Waals surface area (Å²) in [5.74, 6) is 0. The maximum atomic E-state index is 10.2. The first-order chi connectivity index (χ1) is 5.29. The van der Waals surface area contributed by atoms with E-state index in [-0.39, 0.29) is 1.43 Å². The van der Waals surface area contributed by atoms with E-state index in [0.29, 0.717) is 6.54 Å². The second-order valence-corrected chi connectivity index (χ2v) is 2.12. The number of nitrogens with two attached hydrogens (primary N) is 1. The number of amides is 2. The normalized spacial score (nSPS) is 9.45. The molecular formula is C6H12N4O. The van der Waals surface area contributed by atoms with Gasteiger partial charge in [0, 0.05) is 26.3 Å². The molecule has 0 fully saturated rings. The van der Waals surface area contributed by atoms with Crippen LogP contribution in [0.4, 0.5) is 4.79 Å². The zero-order valence-electron chi connectivity index (χ0n) is 6.00. The molecule has 0 aliphatic rings. The Hall–Kier alpha value is -1.52. The lowest BCUT2D eigenvalue weighted by Crippen LogP contribution is -2.30. The first-order valence-corrected chi connectivity index (χ1v) is 3.29. The first-order valence-electron chi connectivity index (χ1n) is 3.29. The zero-order valence-corrected chi connectivity index (χ0v) is 6.00. The van der Waals surface area contributed by atoms with Crippen molar-refractivity contribution < 1.29 is 6.22 Å². The summed E-state index contributed by atoms with van der Waals surface area (Å²) in [4.78, 5) is 16.9. The minimum Gasteiger partial charge on any atom is -0.352 e. The lowest BCUT2D eigenvalue weighted by atomic mass is 10.3. The predicted molar refractivity (Wildman–Crippen MR) is 42.0 cm³/mol. The van der Waals surface area contributed by atoms with E-state index in [1.807, 2.05) is 0 Å². The molecule has 0 aromatic carbocycles. The summed E-state index contributed by atoms with van der Waals surface area (Å²) in [7, 11) is 0. The van der Waals surface area contributed by atoms with Gasteiger partial charge >= 0.3 is 6.03 Å². The van der Waals surface area contributed by atoms with Crippen molar-refractivity contribution in [3.63, 3.8) is 0 Å². The molecule has 1 aromatic rings.